The molecule has 0 fully saturated rings. The van der Waals surface area contributed by atoms with Gasteiger partial charge in [-0.2, -0.15) is 0 Å². The van der Waals surface area contributed by atoms with Gasteiger partial charge in [-0.05, 0) is 59.8 Å². The highest BCUT2D eigenvalue weighted by molar-refractivity contribution is 5.80. The second-order valence-electron chi connectivity index (χ2n) is 6.32. The zero-order valence-electron chi connectivity index (χ0n) is 13.6. The van der Waals surface area contributed by atoms with E-state index in [1.807, 2.05) is 6.92 Å². The molecule has 0 saturated carbocycles. The first-order chi connectivity index (χ1) is 9.86. The molecule has 2 N–H and O–H groups in total. The molecule has 0 aromatic carbocycles. The summed E-state index contributed by atoms with van der Waals surface area (Å²) in [7, 11) is 0. The minimum absolute atomic E-state index is 0.138. The Morgan fingerprint density at radius 2 is 2.14 bits per heavy atom. The zero-order valence-corrected chi connectivity index (χ0v) is 13.6. The molecule has 0 radical (unpaired) electrons. The van der Waals surface area contributed by atoms with Gasteiger partial charge < -0.3 is 15.0 Å². The third kappa shape index (κ3) is 3.28. The van der Waals surface area contributed by atoms with Crippen molar-refractivity contribution in [2.75, 3.05) is 6.61 Å². The standard InChI is InChI=1S/C16H27N3O2/c1-5-21-15(20)16(4,17)10-11(2)19-12(3)18-13-8-6-7-9-14(13)19/h11H,5-10,17H2,1-4H3. The quantitative estimate of drug-likeness (QED) is 0.846. The Bertz CT molecular complexity index is 520. The first kappa shape index (κ1) is 16.0. The molecule has 1 aromatic heterocycles. The van der Waals surface area contributed by atoms with E-state index in [0.29, 0.717) is 13.0 Å². The highest BCUT2D eigenvalue weighted by atomic mass is 16.5. The Kier molecular flexibility index (Phi) is 4.71. The molecule has 2 atom stereocenters. The SMILES string of the molecule is CCOC(=O)C(C)(N)CC(C)n1c(C)nc2c1CCCC2. The molecule has 21 heavy (non-hydrogen) atoms. The molecule has 0 bridgehead atoms. The molecule has 1 aliphatic carbocycles. The summed E-state index contributed by atoms with van der Waals surface area (Å²) in [5.74, 6) is 0.692. The maximum absolute atomic E-state index is 12.0. The van der Waals surface area contributed by atoms with Gasteiger partial charge in [-0.25, -0.2) is 4.98 Å². The van der Waals surface area contributed by atoms with Gasteiger partial charge in [0.25, 0.3) is 0 Å². The smallest absolute Gasteiger partial charge is 0.325 e. The van der Waals surface area contributed by atoms with Gasteiger partial charge in [0.15, 0.2) is 0 Å². The number of imidazole rings is 1. The monoisotopic (exact) mass is 293 g/mol. The van der Waals surface area contributed by atoms with E-state index in [9.17, 15) is 4.79 Å². The van der Waals surface area contributed by atoms with Gasteiger partial charge in [0.1, 0.15) is 11.4 Å². The van der Waals surface area contributed by atoms with Crippen LogP contribution in [0.2, 0.25) is 0 Å². The topological polar surface area (TPSA) is 70.1 Å². The Balaban J connectivity index is 2.19. The molecule has 1 heterocycles. The number of esters is 1. The van der Waals surface area contributed by atoms with Crippen molar-refractivity contribution in [3.05, 3.63) is 17.2 Å². The summed E-state index contributed by atoms with van der Waals surface area (Å²) >= 11 is 0. The Labute approximate surface area is 126 Å². The van der Waals surface area contributed by atoms with E-state index in [0.717, 1.165) is 18.7 Å². The van der Waals surface area contributed by atoms with E-state index < -0.39 is 5.54 Å². The maximum atomic E-state index is 12.0. The maximum Gasteiger partial charge on any atom is 0.325 e. The molecule has 118 valence electrons. The molecular formula is C16H27N3O2. The lowest BCUT2D eigenvalue weighted by Crippen LogP contribution is -2.47. The highest BCUT2D eigenvalue weighted by Crippen LogP contribution is 2.29. The molecule has 1 aromatic rings. The molecule has 0 spiro atoms. The lowest BCUT2D eigenvalue weighted by Gasteiger charge is -2.28. The van der Waals surface area contributed by atoms with Gasteiger partial charge in [0.2, 0.25) is 0 Å². The van der Waals surface area contributed by atoms with Crippen LogP contribution in [0.3, 0.4) is 0 Å². The predicted molar refractivity (Wildman–Crippen MR) is 82.2 cm³/mol. The van der Waals surface area contributed by atoms with E-state index in [2.05, 4.69) is 16.5 Å². The van der Waals surface area contributed by atoms with Gasteiger partial charge in [0, 0.05) is 11.7 Å². The number of carbonyl (C=O) groups excluding carboxylic acids is 1. The number of hydrogen-bond donors (Lipinski definition) is 1. The number of aryl methyl sites for hydroxylation is 2. The fourth-order valence-electron chi connectivity index (χ4n) is 3.37. The second kappa shape index (κ2) is 6.18. The number of nitrogens with two attached hydrogens (primary N) is 1. The Morgan fingerprint density at radius 1 is 1.48 bits per heavy atom. The van der Waals surface area contributed by atoms with Crippen LogP contribution < -0.4 is 5.73 Å². The molecule has 2 rings (SSSR count). The third-order valence-corrected chi connectivity index (χ3v) is 4.25. The lowest BCUT2D eigenvalue weighted by atomic mass is 9.94. The lowest BCUT2D eigenvalue weighted by molar-refractivity contribution is -0.149. The van der Waals surface area contributed by atoms with Crippen molar-refractivity contribution in [3.8, 4) is 0 Å². The van der Waals surface area contributed by atoms with E-state index in [-0.39, 0.29) is 12.0 Å². The number of hydrogen-bond acceptors (Lipinski definition) is 4. The van der Waals surface area contributed by atoms with Gasteiger partial charge in [0.05, 0.1) is 12.3 Å². The normalized spacial score (nSPS) is 18.7. The van der Waals surface area contributed by atoms with Gasteiger partial charge in [-0.1, -0.05) is 0 Å². The number of rotatable bonds is 5. The van der Waals surface area contributed by atoms with Gasteiger partial charge in [-0.15, -0.1) is 0 Å². The highest BCUT2D eigenvalue weighted by Gasteiger charge is 2.33. The van der Waals surface area contributed by atoms with Crippen molar-refractivity contribution >= 4 is 5.97 Å². The van der Waals surface area contributed by atoms with Crippen LogP contribution in [-0.2, 0) is 22.4 Å². The van der Waals surface area contributed by atoms with Crippen molar-refractivity contribution in [3.63, 3.8) is 0 Å². The summed E-state index contributed by atoms with van der Waals surface area (Å²) in [6.07, 6.45) is 5.11. The van der Waals surface area contributed by atoms with E-state index in [1.165, 1.54) is 24.2 Å². The zero-order chi connectivity index (χ0) is 15.6. The van der Waals surface area contributed by atoms with Crippen molar-refractivity contribution in [1.29, 1.82) is 0 Å². The summed E-state index contributed by atoms with van der Waals surface area (Å²) in [6, 6.07) is 0.138. The predicted octanol–water partition coefficient (Wildman–Crippen LogP) is 2.30. The summed E-state index contributed by atoms with van der Waals surface area (Å²) in [5.41, 5.74) is 7.75. The van der Waals surface area contributed by atoms with Gasteiger partial charge >= 0.3 is 5.97 Å². The Morgan fingerprint density at radius 3 is 2.81 bits per heavy atom. The van der Waals surface area contributed by atoms with Crippen LogP contribution >= 0.6 is 0 Å². The van der Waals surface area contributed by atoms with Crippen LogP contribution in [0.1, 0.15) is 63.3 Å². The fourth-order valence-corrected chi connectivity index (χ4v) is 3.37. The van der Waals surface area contributed by atoms with Crippen LogP contribution in [0.5, 0.6) is 0 Å². The number of nitrogens with zero attached hydrogens (tertiary/aromatic N) is 2. The van der Waals surface area contributed by atoms with E-state index in [1.54, 1.807) is 13.8 Å². The summed E-state index contributed by atoms with van der Waals surface area (Å²) < 4.78 is 7.34. The van der Waals surface area contributed by atoms with Crippen molar-refractivity contribution in [2.45, 2.75) is 71.4 Å². The molecule has 1 aliphatic rings. The minimum atomic E-state index is -0.965. The van der Waals surface area contributed by atoms with E-state index in [4.69, 9.17) is 10.5 Å². The van der Waals surface area contributed by atoms with Crippen molar-refractivity contribution in [2.24, 2.45) is 5.73 Å². The van der Waals surface area contributed by atoms with Crippen molar-refractivity contribution < 1.29 is 9.53 Å². The summed E-state index contributed by atoms with van der Waals surface area (Å²) in [5, 5.41) is 0. The second-order valence-corrected chi connectivity index (χ2v) is 6.32. The van der Waals surface area contributed by atoms with Crippen LogP contribution in [0.4, 0.5) is 0 Å². The molecule has 0 aliphatic heterocycles. The van der Waals surface area contributed by atoms with Crippen LogP contribution in [0.25, 0.3) is 0 Å². The number of aromatic nitrogens is 2. The number of fused-ring (bicyclic) bond motifs is 1. The molecule has 2 unspecified atom stereocenters. The molecule has 0 saturated heterocycles. The van der Waals surface area contributed by atoms with Crippen LogP contribution in [0, 0.1) is 6.92 Å². The average Bonchev–Trinajstić information content (AvgIpc) is 2.74. The van der Waals surface area contributed by atoms with Crippen LogP contribution in [0.15, 0.2) is 0 Å². The molecule has 5 nitrogen and oxygen atoms in total. The van der Waals surface area contributed by atoms with E-state index >= 15 is 0 Å². The summed E-state index contributed by atoms with van der Waals surface area (Å²) in [6.45, 7) is 8.05. The Hall–Kier alpha value is -1.36. The number of carbonyl (C=O) groups is 1. The van der Waals surface area contributed by atoms with Gasteiger partial charge in [-0.3, -0.25) is 4.79 Å². The third-order valence-electron chi connectivity index (χ3n) is 4.25. The molecule has 0 amide bonds. The van der Waals surface area contributed by atoms with Crippen molar-refractivity contribution in [1.82, 2.24) is 9.55 Å². The average molecular weight is 293 g/mol. The van der Waals surface area contributed by atoms with Crippen LogP contribution in [-0.4, -0.2) is 27.7 Å². The summed E-state index contributed by atoms with van der Waals surface area (Å²) in [4.78, 5) is 16.7. The first-order valence-electron chi connectivity index (χ1n) is 7.89. The minimum Gasteiger partial charge on any atom is -0.465 e. The first-order valence-corrected chi connectivity index (χ1v) is 7.89. The largest absolute Gasteiger partial charge is 0.465 e. The fraction of sp³-hybridized carbons (Fsp3) is 0.750. The molecular weight excluding hydrogens is 266 g/mol. The number of ether oxygens (including phenoxy) is 1. The molecule has 5 heteroatoms.